The molecule has 0 saturated carbocycles. The van der Waals surface area contributed by atoms with Crippen molar-refractivity contribution >= 4 is 16.7 Å². The Hall–Kier alpha value is -1.66. The highest BCUT2D eigenvalue weighted by molar-refractivity contribution is 7.09. The first kappa shape index (κ1) is 12.8. The molecule has 0 aliphatic heterocycles. The zero-order chi connectivity index (χ0) is 12.8. The summed E-state index contributed by atoms with van der Waals surface area (Å²) >= 11 is 1.33. The second-order valence-corrected chi connectivity index (χ2v) is 4.29. The standard InChI is InChI=1S/C12H15N3O2S/c1-16-8-7-13-12-14-11(15-18-12)9-5-3-4-6-10(9)17-2/h3-6H,7-8H2,1-2H3,(H,13,14,15). The molecule has 0 radical (unpaired) electrons. The van der Waals surface area contributed by atoms with Crippen LogP contribution in [0.25, 0.3) is 11.4 Å². The van der Waals surface area contributed by atoms with Gasteiger partial charge in [0.05, 0.1) is 19.3 Å². The molecule has 0 fully saturated rings. The molecule has 2 rings (SSSR count). The lowest BCUT2D eigenvalue weighted by molar-refractivity contribution is 0.211. The average Bonchev–Trinajstić information content (AvgIpc) is 2.88. The summed E-state index contributed by atoms with van der Waals surface area (Å²) in [5.41, 5.74) is 0.899. The van der Waals surface area contributed by atoms with Crippen molar-refractivity contribution in [2.24, 2.45) is 0 Å². The van der Waals surface area contributed by atoms with Gasteiger partial charge >= 0.3 is 0 Å². The fourth-order valence-corrected chi connectivity index (χ4v) is 2.10. The van der Waals surface area contributed by atoms with Gasteiger partial charge in [-0.05, 0) is 12.1 Å². The summed E-state index contributed by atoms with van der Waals surface area (Å²) in [7, 11) is 3.31. The van der Waals surface area contributed by atoms with Gasteiger partial charge < -0.3 is 14.8 Å². The Labute approximate surface area is 110 Å². The largest absolute Gasteiger partial charge is 0.496 e. The van der Waals surface area contributed by atoms with Crippen molar-refractivity contribution in [3.8, 4) is 17.1 Å². The second-order valence-electron chi connectivity index (χ2n) is 3.54. The van der Waals surface area contributed by atoms with Crippen molar-refractivity contribution in [1.82, 2.24) is 9.36 Å². The lowest BCUT2D eigenvalue weighted by Crippen LogP contribution is -2.07. The summed E-state index contributed by atoms with van der Waals surface area (Å²) in [6, 6.07) is 7.71. The highest BCUT2D eigenvalue weighted by atomic mass is 32.1. The highest BCUT2D eigenvalue weighted by Gasteiger charge is 2.10. The molecule has 6 heteroatoms. The molecule has 0 unspecified atom stereocenters. The number of rotatable bonds is 6. The molecule has 0 amide bonds. The molecule has 5 nitrogen and oxygen atoms in total. The molecule has 0 aliphatic carbocycles. The van der Waals surface area contributed by atoms with E-state index in [-0.39, 0.29) is 0 Å². The summed E-state index contributed by atoms with van der Waals surface area (Å²) in [6.45, 7) is 1.36. The molecule has 1 aromatic carbocycles. The predicted octanol–water partition coefficient (Wildman–Crippen LogP) is 2.27. The van der Waals surface area contributed by atoms with Gasteiger partial charge in [0.2, 0.25) is 5.13 Å². The average molecular weight is 265 g/mol. The number of ether oxygens (including phenoxy) is 2. The maximum Gasteiger partial charge on any atom is 0.202 e. The monoisotopic (exact) mass is 265 g/mol. The molecule has 1 heterocycles. The quantitative estimate of drug-likeness (QED) is 0.812. The van der Waals surface area contributed by atoms with Crippen LogP contribution in [0.5, 0.6) is 5.75 Å². The maximum atomic E-state index is 5.29. The number of para-hydroxylation sites is 1. The van der Waals surface area contributed by atoms with E-state index in [1.54, 1.807) is 14.2 Å². The molecule has 1 aromatic heterocycles. The van der Waals surface area contributed by atoms with Gasteiger partial charge in [-0.1, -0.05) is 12.1 Å². The lowest BCUT2D eigenvalue weighted by atomic mass is 10.2. The van der Waals surface area contributed by atoms with Gasteiger partial charge in [0.25, 0.3) is 0 Å². The van der Waals surface area contributed by atoms with E-state index < -0.39 is 0 Å². The zero-order valence-corrected chi connectivity index (χ0v) is 11.2. The van der Waals surface area contributed by atoms with Crippen LogP contribution >= 0.6 is 11.5 Å². The highest BCUT2D eigenvalue weighted by Crippen LogP contribution is 2.29. The molecule has 18 heavy (non-hydrogen) atoms. The fraction of sp³-hybridized carbons (Fsp3) is 0.333. The van der Waals surface area contributed by atoms with E-state index in [0.717, 1.165) is 23.0 Å². The Balaban J connectivity index is 2.13. The van der Waals surface area contributed by atoms with Gasteiger partial charge in [0, 0.05) is 25.2 Å². The van der Waals surface area contributed by atoms with Crippen LogP contribution in [-0.4, -0.2) is 36.7 Å². The van der Waals surface area contributed by atoms with E-state index in [0.29, 0.717) is 12.4 Å². The van der Waals surface area contributed by atoms with Gasteiger partial charge in [-0.15, -0.1) is 0 Å². The Morgan fingerprint density at radius 1 is 1.28 bits per heavy atom. The summed E-state index contributed by atoms with van der Waals surface area (Å²) in [4.78, 5) is 4.42. The van der Waals surface area contributed by atoms with Gasteiger partial charge in [0.15, 0.2) is 5.82 Å². The number of nitrogens with zero attached hydrogens (tertiary/aromatic N) is 2. The van der Waals surface area contributed by atoms with Crippen LogP contribution in [0, 0.1) is 0 Å². The number of benzene rings is 1. The van der Waals surface area contributed by atoms with Crippen LogP contribution < -0.4 is 10.1 Å². The number of anilines is 1. The van der Waals surface area contributed by atoms with Gasteiger partial charge in [-0.2, -0.15) is 9.36 Å². The third-order valence-corrected chi connectivity index (χ3v) is 3.03. The van der Waals surface area contributed by atoms with Crippen molar-refractivity contribution < 1.29 is 9.47 Å². The minimum absolute atomic E-state index is 0.642. The molecule has 1 N–H and O–H groups in total. The van der Waals surface area contributed by atoms with E-state index in [1.165, 1.54) is 11.5 Å². The number of nitrogens with one attached hydrogen (secondary N) is 1. The summed E-state index contributed by atoms with van der Waals surface area (Å²) in [5.74, 6) is 1.45. The molecule has 0 atom stereocenters. The Kier molecular flexibility index (Phi) is 4.49. The number of hydrogen-bond donors (Lipinski definition) is 1. The molecule has 0 aliphatic rings. The molecule has 0 bridgehead atoms. The third kappa shape index (κ3) is 2.96. The molecule has 2 aromatic rings. The Morgan fingerprint density at radius 3 is 2.89 bits per heavy atom. The number of hydrogen-bond acceptors (Lipinski definition) is 6. The summed E-state index contributed by atoms with van der Waals surface area (Å²) in [6.07, 6.45) is 0. The first-order valence-electron chi connectivity index (χ1n) is 5.55. The summed E-state index contributed by atoms with van der Waals surface area (Å²) < 4.78 is 14.6. The van der Waals surface area contributed by atoms with Crippen molar-refractivity contribution in [2.45, 2.75) is 0 Å². The molecular weight excluding hydrogens is 250 g/mol. The van der Waals surface area contributed by atoms with Crippen molar-refractivity contribution in [3.63, 3.8) is 0 Å². The van der Waals surface area contributed by atoms with Crippen LogP contribution in [0.3, 0.4) is 0 Å². The smallest absolute Gasteiger partial charge is 0.202 e. The van der Waals surface area contributed by atoms with E-state index >= 15 is 0 Å². The number of methoxy groups -OCH3 is 2. The van der Waals surface area contributed by atoms with Gasteiger partial charge in [-0.25, -0.2) is 0 Å². The first-order valence-corrected chi connectivity index (χ1v) is 6.32. The Morgan fingerprint density at radius 2 is 2.11 bits per heavy atom. The van der Waals surface area contributed by atoms with E-state index in [4.69, 9.17) is 9.47 Å². The van der Waals surface area contributed by atoms with Crippen LogP contribution in [0.15, 0.2) is 24.3 Å². The number of aromatic nitrogens is 2. The minimum atomic E-state index is 0.642. The van der Waals surface area contributed by atoms with Crippen LogP contribution in [0.1, 0.15) is 0 Å². The molecule has 0 saturated heterocycles. The van der Waals surface area contributed by atoms with Crippen LogP contribution in [-0.2, 0) is 4.74 Å². The predicted molar refractivity (Wildman–Crippen MR) is 72.3 cm³/mol. The fourth-order valence-electron chi connectivity index (χ4n) is 1.49. The van der Waals surface area contributed by atoms with Crippen molar-refractivity contribution in [2.75, 3.05) is 32.7 Å². The zero-order valence-electron chi connectivity index (χ0n) is 10.3. The van der Waals surface area contributed by atoms with Crippen molar-refractivity contribution in [3.05, 3.63) is 24.3 Å². The molecule has 0 spiro atoms. The van der Waals surface area contributed by atoms with Crippen LogP contribution in [0.4, 0.5) is 5.13 Å². The lowest BCUT2D eigenvalue weighted by Gasteiger charge is -2.04. The van der Waals surface area contributed by atoms with Gasteiger partial charge in [-0.3, -0.25) is 0 Å². The molecular formula is C12H15N3O2S. The Bertz CT molecular complexity index is 502. The van der Waals surface area contributed by atoms with Crippen LogP contribution in [0.2, 0.25) is 0 Å². The van der Waals surface area contributed by atoms with Crippen molar-refractivity contribution in [1.29, 1.82) is 0 Å². The van der Waals surface area contributed by atoms with E-state index in [2.05, 4.69) is 14.7 Å². The minimum Gasteiger partial charge on any atom is -0.496 e. The van der Waals surface area contributed by atoms with E-state index in [1.807, 2.05) is 24.3 Å². The second kappa shape index (κ2) is 6.32. The van der Waals surface area contributed by atoms with Gasteiger partial charge in [0.1, 0.15) is 5.75 Å². The molecule has 96 valence electrons. The summed E-state index contributed by atoms with van der Waals surface area (Å²) in [5, 5.41) is 3.94. The topological polar surface area (TPSA) is 56.3 Å². The maximum absolute atomic E-state index is 5.29. The van der Waals surface area contributed by atoms with E-state index in [9.17, 15) is 0 Å². The normalized spacial score (nSPS) is 10.3. The SMILES string of the molecule is COCCNc1nc(-c2ccccc2OC)ns1. The third-order valence-electron chi connectivity index (χ3n) is 2.36. The first-order chi connectivity index (χ1) is 8.85.